The van der Waals surface area contributed by atoms with E-state index in [-0.39, 0.29) is 48.4 Å². The minimum Gasteiger partial charge on any atom is -0.467 e. The van der Waals surface area contributed by atoms with Crippen LogP contribution in [0, 0.1) is 11.3 Å². The van der Waals surface area contributed by atoms with Crippen LogP contribution in [0.4, 0.5) is 10.6 Å². The first-order valence-corrected chi connectivity index (χ1v) is 15.2. The largest absolute Gasteiger partial charge is 0.467 e. The molecule has 0 aromatic carbocycles. The predicted molar refractivity (Wildman–Crippen MR) is 162 cm³/mol. The number of furan rings is 1. The highest BCUT2D eigenvalue weighted by Gasteiger charge is 2.43. The summed E-state index contributed by atoms with van der Waals surface area (Å²) < 4.78 is 10.9. The van der Waals surface area contributed by atoms with E-state index in [1.165, 1.54) is 11.1 Å². The zero-order valence-electron chi connectivity index (χ0n) is 26.3. The lowest BCUT2D eigenvalue weighted by Gasteiger charge is -2.43. The summed E-state index contributed by atoms with van der Waals surface area (Å²) in [5, 5.41) is 26.4. The van der Waals surface area contributed by atoms with Crippen LogP contribution in [0.1, 0.15) is 75.8 Å². The Bertz CT molecular complexity index is 1290. The number of carboxylic acid groups (broad SMARTS) is 1. The highest BCUT2D eigenvalue weighted by atomic mass is 16.5. The van der Waals surface area contributed by atoms with Gasteiger partial charge in [-0.15, -0.1) is 0 Å². The summed E-state index contributed by atoms with van der Waals surface area (Å²) in [4.78, 5) is 52.2. The van der Waals surface area contributed by atoms with Crippen LogP contribution in [0.3, 0.4) is 0 Å². The third-order valence-electron chi connectivity index (χ3n) is 8.23. The molecule has 0 radical (unpaired) electrons. The quantitative estimate of drug-likeness (QED) is 0.312. The molecule has 13 heteroatoms. The van der Waals surface area contributed by atoms with Crippen molar-refractivity contribution in [3.63, 3.8) is 0 Å². The summed E-state index contributed by atoms with van der Waals surface area (Å²) >= 11 is 0. The number of rotatable bonds is 10. The minimum atomic E-state index is -1.13. The summed E-state index contributed by atoms with van der Waals surface area (Å²) in [6.07, 6.45) is 3.08. The molecule has 13 nitrogen and oxygen atoms in total. The molecule has 4 N–H and O–H groups in total. The van der Waals surface area contributed by atoms with Gasteiger partial charge in [-0.1, -0.05) is 34.6 Å². The standard InChI is InChI=1S/C31H46N6O7/c1-20(2)16-37(26(39)24-15-33-27(30(3,4)5)35-25(24)32-14-23-7-6-10-44-23)22-13-21(17-36(18-22)29(41)42)34-28(40)31(19-38)8-11-43-12-9-31/h6-7,10,15,20-22,38H,8-9,11-14,16-19H2,1-5H3,(H,34,40)(H,41,42)(H,32,33,35)/t21-,22+/m1/s1. The van der Waals surface area contributed by atoms with E-state index in [0.717, 1.165) is 0 Å². The Labute approximate surface area is 258 Å². The van der Waals surface area contributed by atoms with Crippen molar-refractivity contribution in [2.45, 2.75) is 77.9 Å². The Morgan fingerprint density at radius 2 is 1.93 bits per heavy atom. The summed E-state index contributed by atoms with van der Waals surface area (Å²) in [6, 6.07) is 2.52. The number of likely N-dealkylation sites (tertiary alicyclic amines) is 1. The molecule has 2 aliphatic heterocycles. The van der Waals surface area contributed by atoms with Crippen molar-refractivity contribution >= 4 is 23.7 Å². The molecule has 0 unspecified atom stereocenters. The van der Waals surface area contributed by atoms with E-state index in [0.29, 0.717) is 63.0 Å². The van der Waals surface area contributed by atoms with Gasteiger partial charge in [-0.25, -0.2) is 14.8 Å². The van der Waals surface area contributed by atoms with Crippen LogP contribution >= 0.6 is 0 Å². The van der Waals surface area contributed by atoms with E-state index in [1.54, 1.807) is 17.2 Å². The first-order valence-electron chi connectivity index (χ1n) is 15.2. The second-order valence-corrected chi connectivity index (χ2v) is 13.3. The zero-order valence-corrected chi connectivity index (χ0v) is 26.3. The maximum Gasteiger partial charge on any atom is 0.407 e. The second kappa shape index (κ2) is 13.9. The molecule has 0 saturated carbocycles. The van der Waals surface area contributed by atoms with Crippen LogP contribution < -0.4 is 10.6 Å². The Hall–Kier alpha value is -3.71. The smallest absolute Gasteiger partial charge is 0.407 e. The Morgan fingerprint density at radius 3 is 2.52 bits per heavy atom. The number of amides is 3. The van der Waals surface area contributed by atoms with Gasteiger partial charge in [0.05, 0.1) is 30.9 Å². The van der Waals surface area contributed by atoms with E-state index in [9.17, 15) is 24.6 Å². The van der Waals surface area contributed by atoms with Crippen molar-refractivity contribution in [2.75, 3.05) is 44.8 Å². The normalized spacial score (nSPS) is 20.3. The summed E-state index contributed by atoms with van der Waals surface area (Å²) in [7, 11) is 0. The lowest BCUT2D eigenvalue weighted by Crippen LogP contribution is -2.61. The van der Waals surface area contributed by atoms with Crippen molar-refractivity contribution in [1.82, 2.24) is 25.1 Å². The van der Waals surface area contributed by atoms with Crippen LogP contribution in [-0.4, -0.2) is 99.4 Å². The molecule has 2 aromatic rings. The van der Waals surface area contributed by atoms with Gasteiger partial charge in [0.15, 0.2) is 0 Å². The lowest BCUT2D eigenvalue weighted by atomic mass is 9.79. The van der Waals surface area contributed by atoms with Gasteiger partial charge in [-0.05, 0) is 37.3 Å². The van der Waals surface area contributed by atoms with Crippen molar-refractivity contribution in [2.24, 2.45) is 11.3 Å². The molecule has 4 rings (SSSR count). The Kier molecular flexibility index (Phi) is 10.5. The number of aliphatic hydroxyl groups excluding tert-OH is 1. The third kappa shape index (κ3) is 7.86. The van der Waals surface area contributed by atoms with E-state index in [4.69, 9.17) is 14.1 Å². The number of piperidine rings is 1. The number of hydrogen-bond acceptors (Lipinski definition) is 9. The molecule has 0 spiro atoms. The molecule has 2 fully saturated rings. The van der Waals surface area contributed by atoms with Gasteiger partial charge in [-0.2, -0.15) is 0 Å². The van der Waals surface area contributed by atoms with E-state index >= 15 is 0 Å². The first-order chi connectivity index (χ1) is 20.8. The zero-order chi connectivity index (χ0) is 32.1. The highest BCUT2D eigenvalue weighted by Crippen LogP contribution is 2.31. The molecule has 3 amide bonds. The monoisotopic (exact) mass is 614 g/mol. The van der Waals surface area contributed by atoms with Gasteiger partial charge in [0.25, 0.3) is 5.91 Å². The van der Waals surface area contributed by atoms with Gasteiger partial charge in [0.2, 0.25) is 5.91 Å². The van der Waals surface area contributed by atoms with Crippen molar-refractivity contribution < 1.29 is 33.8 Å². The molecule has 44 heavy (non-hydrogen) atoms. The van der Waals surface area contributed by atoms with Crippen LogP contribution in [0.15, 0.2) is 29.0 Å². The average molecular weight is 615 g/mol. The molecular formula is C31H46N6O7. The number of ether oxygens (including phenoxy) is 1. The lowest BCUT2D eigenvalue weighted by molar-refractivity contribution is -0.141. The van der Waals surface area contributed by atoms with Gasteiger partial charge in [-0.3, -0.25) is 9.59 Å². The number of nitrogens with zero attached hydrogens (tertiary/aromatic N) is 4. The number of nitrogens with one attached hydrogen (secondary N) is 2. The second-order valence-electron chi connectivity index (χ2n) is 13.3. The van der Waals surface area contributed by atoms with Crippen LogP contribution in [0.25, 0.3) is 0 Å². The fourth-order valence-corrected chi connectivity index (χ4v) is 5.68. The van der Waals surface area contributed by atoms with Gasteiger partial charge < -0.3 is 39.8 Å². The fourth-order valence-electron chi connectivity index (χ4n) is 5.68. The molecule has 4 heterocycles. The summed E-state index contributed by atoms with van der Waals surface area (Å²) in [5.41, 5.74) is -1.08. The Balaban J connectivity index is 1.64. The van der Waals surface area contributed by atoms with Crippen molar-refractivity contribution in [3.05, 3.63) is 41.7 Å². The number of anilines is 1. The maximum atomic E-state index is 14.4. The van der Waals surface area contributed by atoms with Gasteiger partial charge in [0.1, 0.15) is 23.0 Å². The maximum absolute atomic E-state index is 14.4. The number of aliphatic hydroxyl groups is 1. The number of aromatic nitrogens is 2. The molecule has 242 valence electrons. The highest BCUT2D eigenvalue weighted by molar-refractivity contribution is 5.98. The van der Waals surface area contributed by atoms with E-state index < -0.39 is 23.6 Å². The van der Waals surface area contributed by atoms with Gasteiger partial charge >= 0.3 is 6.09 Å². The number of hydrogen-bond donors (Lipinski definition) is 4. The predicted octanol–water partition coefficient (Wildman–Crippen LogP) is 3.10. The average Bonchev–Trinajstić information content (AvgIpc) is 3.51. The summed E-state index contributed by atoms with van der Waals surface area (Å²) in [5.74, 6) is 1.01. The molecule has 2 atom stereocenters. The molecule has 2 aromatic heterocycles. The van der Waals surface area contributed by atoms with E-state index in [1.807, 2.05) is 40.7 Å². The Morgan fingerprint density at radius 1 is 1.20 bits per heavy atom. The first kappa shape index (κ1) is 33.2. The third-order valence-corrected chi connectivity index (χ3v) is 8.23. The molecule has 0 aliphatic carbocycles. The van der Waals surface area contributed by atoms with Crippen molar-refractivity contribution in [1.29, 1.82) is 0 Å². The fraction of sp³-hybridized carbons (Fsp3) is 0.645. The summed E-state index contributed by atoms with van der Waals surface area (Å²) in [6.45, 7) is 11.2. The SMILES string of the molecule is CC(C)CN(C(=O)c1cnc(C(C)(C)C)nc1NCc1ccco1)[C@H]1C[C@@H](NC(=O)C2(CO)CCOCC2)CN(C(=O)O)C1. The van der Waals surface area contributed by atoms with Crippen LogP contribution in [0.5, 0.6) is 0 Å². The number of carbonyl (C=O) groups is 3. The minimum absolute atomic E-state index is 0.0707. The number of carbonyl (C=O) groups excluding carboxylic acids is 2. The molecule has 2 saturated heterocycles. The van der Waals surface area contributed by atoms with Crippen LogP contribution in [0.2, 0.25) is 0 Å². The molecular weight excluding hydrogens is 568 g/mol. The van der Waals surface area contributed by atoms with Crippen molar-refractivity contribution in [3.8, 4) is 0 Å². The molecule has 0 bridgehead atoms. The van der Waals surface area contributed by atoms with Gasteiger partial charge in [0, 0.05) is 50.5 Å². The van der Waals surface area contributed by atoms with E-state index in [2.05, 4.69) is 15.6 Å². The topological polar surface area (TPSA) is 170 Å². The van der Waals surface area contributed by atoms with Crippen LogP contribution in [-0.2, 0) is 21.5 Å². The molecule has 2 aliphatic rings.